The van der Waals surface area contributed by atoms with Gasteiger partial charge in [-0.1, -0.05) is 6.92 Å². The molecule has 1 aromatic carbocycles. The van der Waals surface area contributed by atoms with Gasteiger partial charge in [-0.3, -0.25) is 0 Å². The molecular weight excluding hydrogens is 381 g/mol. The van der Waals surface area contributed by atoms with Crippen LogP contribution in [0.1, 0.15) is 59.3 Å². The first kappa shape index (κ1) is 22.9. The van der Waals surface area contributed by atoms with E-state index in [1.807, 2.05) is 24.0 Å². The van der Waals surface area contributed by atoms with Crippen LogP contribution in [0.25, 0.3) is 0 Å². The van der Waals surface area contributed by atoms with E-state index in [9.17, 15) is 9.18 Å². The number of anilines is 1. The molecule has 5 nitrogen and oxygen atoms in total. The summed E-state index contributed by atoms with van der Waals surface area (Å²) in [6.45, 7) is 8.83. The summed E-state index contributed by atoms with van der Waals surface area (Å²) in [6, 6.07) is 8.31. The molecule has 30 heavy (non-hydrogen) atoms. The van der Waals surface area contributed by atoms with Crippen molar-refractivity contribution in [2.45, 2.75) is 83.5 Å². The predicted molar refractivity (Wildman–Crippen MR) is 119 cm³/mol. The molecule has 3 rings (SSSR count). The Bertz CT molecular complexity index is 676. The van der Waals surface area contributed by atoms with Gasteiger partial charge in [0.15, 0.2) is 0 Å². The summed E-state index contributed by atoms with van der Waals surface area (Å²) in [5.41, 5.74) is 1.08. The van der Waals surface area contributed by atoms with E-state index in [0.717, 1.165) is 57.3 Å². The van der Waals surface area contributed by atoms with E-state index in [0.29, 0.717) is 18.7 Å². The van der Waals surface area contributed by atoms with Crippen molar-refractivity contribution < 1.29 is 13.9 Å². The predicted octanol–water partition coefficient (Wildman–Crippen LogP) is 4.90. The van der Waals surface area contributed by atoms with Gasteiger partial charge in [-0.25, -0.2) is 9.18 Å². The van der Waals surface area contributed by atoms with Crippen LogP contribution in [0.3, 0.4) is 0 Å². The van der Waals surface area contributed by atoms with Crippen molar-refractivity contribution in [1.82, 2.24) is 9.80 Å². The van der Waals surface area contributed by atoms with E-state index in [1.54, 1.807) is 0 Å². The largest absolute Gasteiger partial charge is 0.450 e. The van der Waals surface area contributed by atoms with Gasteiger partial charge in [0, 0.05) is 50.0 Å². The van der Waals surface area contributed by atoms with Gasteiger partial charge in [0.1, 0.15) is 5.82 Å². The molecule has 2 aliphatic rings. The number of hydrogen-bond acceptors (Lipinski definition) is 4. The Morgan fingerprint density at radius 2 is 1.83 bits per heavy atom. The molecule has 6 heteroatoms. The van der Waals surface area contributed by atoms with Gasteiger partial charge < -0.3 is 19.4 Å². The zero-order chi connectivity index (χ0) is 21.7. The van der Waals surface area contributed by atoms with Gasteiger partial charge in [-0.2, -0.15) is 0 Å². The lowest BCUT2D eigenvalue weighted by Crippen LogP contribution is -2.49. The summed E-state index contributed by atoms with van der Waals surface area (Å²) < 4.78 is 18.5. The SMILES string of the molecule is CCOC(=O)N1C(C)CCC1CC(CC)N1CCC(N(C)c2ccc(F)cc2)CC1. The molecule has 2 saturated heterocycles. The Hall–Kier alpha value is -1.82. The van der Waals surface area contributed by atoms with Gasteiger partial charge in [0.25, 0.3) is 0 Å². The van der Waals surface area contributed by atoms with Crippen LogP contribution in [0.2, 0.25) is 0 Å². The Balaban J connectivity index is 1.55. The smallest absolute Gasteiger partial charge is 0.410 e. The third-order valence-corrected chi connectivity index (χ3v) is 7.08. The van der Waals surface area contributed by atoms with E-state index < -0.39 is 0 Å². The second-order valence-electron chi connectivity index (χ2n) is 8.84. The summed E-state index contributed by atoms with van der Waals surface area (Å²) in [7, 11) is 2.11. The van der Waals surface area contributed by atoms with E-state index >= 15 is 0 Å². The number of halogens is 1. The normalized spacial score (nSPS) is 24.1. The Labute approximate surface area is 181 Å². The van der Waals surface area contributed by atoms with Crippen molar-refractivity contribution in [1.29, 1.82) is 0 Å². The number of piperidine rings is 1. The lowest BCUT2D eigenvalue weighted by molar-refractivity contribution is 0.0740. The van der Waals surface area contributed by atoms with Crippen LogP contribution in [0.5, 0.6) is 0 Å². The zero-order valence-corrected chi connectivity index (χ0v) is 19.0. The first-order chi connectivity index (χ1) is 14.4. The molecule has 0 aromatic heterocycles. The van der Waals surface area contributed by atoms with E-state index in [2.05, 4.69) is 30.7 Å². The van der Waals surface area contributed by atoms with E-state index in [4.69, 9.17) is 4.74 Å². The molecular formula is C24H38FN3O2. The monoisotopic (exact) mass is 419 g/mol. The summed E-state index contributed by atoms with van der Waals surface area (Å²) in [5.74, 6) is -0.189. The Kier molecular flexibility index (Phi) is 7.98. The van der Waals surface area contributed by atoms with Crippen LogP contribution in [0.15, 0.2) is 24.3 Å². The van der Waals surface area contributed by atoms with Gasteiger partial charge in [-0.15, -0.1) is 0 Å². The Morgan fingerprint density at radius 3 is 2.43 bits per heavy atom. The zero-order valence-electron chi connectivity index (χ0n) is 19.0. The molecule has 1 amide bonds. The molecule has 2 fully saturated rings. The number of nitrogens with zero attached hydrogens (tertiary/aromatic N) is 3. The average Bonchev–Trinajstić information content (AvgIpc) is 3.12. The van der Waals surface area contributed by atoms with Crippen LogP contribution in [-0.4, -0.2) is 66.8 Å². The number of hydrogen-bond donors (Lipinski definition) is 0. The topological polar surface area (TPSA) is 36.0 Å². The molecule has 2 aliphatic heterocycles. The number of likely N-dealkylation sites (tertiary alicyclic amines) is 2. The molecule has 1 aromatic rings. The number of ether oxygens (including phenoxy) is 1. The van der Waals surface area contributed by atoms with Crippen LogP contribution >= 0.6 is 0 Å². The van der Waals surface area contributed by atoms with Crippen molar-refractivity contribution in [3.8, 4) is 0 Å². The van der Waals surface area contributed by atoms with Gasteiger partial charge in [-0.05, 0) is 76.6 Å². The second kappa shape index (κ2) is 10.5. The quantitative estimate of drug-likeness (QED) is 0.630. The van der Waals surface area contributed by atoms with E-state index in [1.165, 1.54) is 12.1 Å². The van der Waals surface area contributed by atoms with Crippen LogP contribution in [0, 0.1) is 5.82 Å². The standard InChI is InChI=1S/C24H38FN3O2/c1-5-20(17-23-10-7-18(3)28(23)24(29)30-6-2)27-15-13-22(14-16-27)26(4)21-11-8-19(25)9-12-21/h8-9,11-12,18,20,22-23H,5-7,10,13-17H2,1-4H3. The molecule has 0 spiro atoms. The first-order valence-corrected chi connectivity index (χ1v) is 11.6. The highest BCUT2D eigenvalue weighted by atomic mass is 19.1. The maximum atomic E-state index is 13.2. The number of carbonyl (C=O) groups excluding carboxylic acids is 1. The summed E-state index contributed by atoms with van der Waals surface area (Å²) >= 11 is 0. The van der Waals surface area contributed by atoms with Crippen LogP contribution in [-0.2, 0) is 4.74 Å². The van der Waals surface area contributed by atoms with Crippen molar-refractivity contribution in [3.05, 3.63) is 30.1 Å². The van der Waals surface area contributed by atoms with Gasteiger partial charge >= 0.3 is 6.09 Å². The van der Waals surface area contributed by atoms with Crippen LogP contribution < -0.4 is 4.90 Å². The Morgan fingerprint density at radius 1 is 1.17 bits per heavy atom. The minimum absolute atomic E-state index is 0.151. The van der Waals surface area contributed by atoms with E-state index in [-0.39, 0.29) is 24.0 Å². The number of carbonyl (C=O) groups is 1. The lowest BCUT2D eigenvalue weighted by atomic mass is 9.96. The second-order valence-corrected chi connectivity index (χ2v) is 8.84. The van der Waals surface area contributed by atoms with Gasteiger partial charge in [0.2, 0.25) is 0 Å². The molecule has 0 N–H and O–H groups in total. The molecule has 0 bridgehead atoms. The van der Waals surface area contributed by atoms with Gasteiger partial charge in [0.05, 0.1) is 6.61 Å². The number of amides is 1. The summed E-state index contributed by atoms with van der Waals surface area (Å²) in [5, 5.41) is 0. The number of rotatable bonds is 7. The molecule has 0 aliphatic carbocycles. The highest BCUT2D eigenvalue weighted by Crippen LogP contribution is 2.31. The van der Waals surface area contributed by atoms with Crippen molar-refractivity contribution in [2.75, 3.05) is 31.6 Å². The fourth-order valence-electron chi connectivity index (χ4n) is 5.24. The first-order valence-electron chi connectivity index (χ1n) is 11.6. The van der Waals surface area contributed by atoms with Crippen molar-refractivity contribution in [3.63, 3.8) is 0 Å². The van der Waals surface area contributed by atoms with Crippen molar-refractivity contribution in [2.24, 2.45) is 0 Å². The molecule has 2 heterocycles. The minimum atomic E-state index is -0.189. The molecule has 0 saturated carbocycles. The highest BCUT2D eigenvalue weighted by molar-refractivity contribution is 5.68. The molecule has 3 unspecified atom stereocenters. The third kappa shape index (κ3) is 5.26. The average molecular weight is 420 g/mol. The molecule has 3 atom stereocenters. The summed E-state index contributed by atoms with van der Waals surface area (Å²) in [6.07, 6.45) is 6.31. The molecule has 0 radical (unpaired) electrons. The summed E-state index contributed by atoms with van der Waals surface area (Å²) in [4.78, 5) is 19.3. The number of benzene rings is 1. The van der Waals surface area contributed by atoms with Crippen molar-refractivity contribution >= 4 is 11.8 Å². The van der Waals surface area contributed by atoms with Crippen LogP contribution in [0.4, 0.5) is 14.9 Å². The molecule has 168 valence electrons. The highest BCUT2D eigenvalue weighted by Gasteiger charge is 2.37. The fourth-order valence-corrected chi connectivity index (χ4v) is 5.24. The maximum Gasteiger partial charge on any atom is 0.410 e. The lowest BCUT2D eigenvalue weighted by Gasteiger charge is -2.42. The fraction of sp³-hybridized carbons (Fsp3) is 0.708. The minimum Gasteiger partial charge on any atom is -0.450 e. The third-order valence-electron chi connectivity index (χ3n) is 7.08. The maximum absolute atomic E-state index is 13.2.